The van der Waals surface area contributed by atoms with Crippen LogP contribution in [-0.2, 0) is 0 Å². The average molecular weight is 190 g/mol. The van der Waals surface area contributed by atoms with E-state index in [9.17, 15) is 0 Å². The molecule has 0 N–H and O–H groups in total. The molecular formula is C14H22. The predicted octanol–water partition coefficient (Wildman–Crippen LogP) is 4.34. The fourth-order valence-electron chi connectivity index (χ4n) is 3.01. The first-order valence-corrected chi connectivity index (χ1v) is 5.98. The average Bonchev–Trinajstić information content (AvgIpc) is 2.15. The van der Waals surface area contributed by atoms with Gasteiger partial charge in [-0.1, -0.05) is 57.4 Å². The van der Waals surface area contributed by atoms with Gasteiger partial charge in [-0.3, -0.25) is 0 Å². The Morgan fingerprint density at radius 2 is 1.86 bits per heavy atom. The van der Waals surface area contributed by atoms with E-state index in [0.717, 1.165) is 11.8 Å². The summed E-state index contributed by atoms with van der Waals surface area (Å²) in [5.41, 5.74) is 2.05. The fraction of sp³-hybridized carbons (Fsp3) is 0.714. The quantitative estimate of drug-likeness (QED) is 0.533. The van der Waals surface area contributed by atoms with Gasteiger partial charge in [0, 0.05) is 0 Å². The monoisotopic (exact) mass is 190 g/mol. The molecule has 2 rings (SSSR count). The molecule has 0 aromatic rings. The maximum Gasteiger partial charge on any atom is -0.0132 e. The number of allylic oxidation sites excluding steroid dienone is 4. The molecule has 0 radical (unpaired) electrons. The Kier molecular flexibility index (Phi) is 2.55. The summed E-state index contributed by atoms with van der Waals surface area (Å²) in [6.45, 7) is 7.05. The standard InChI is InChI=1S/C14H22/c1-14(2,3)13-10-6-8-11-7-4-5-9-12(11)13/h6,8,10-12H,4-5,7,9H2,1-3H3. The van der Waals surface area contributed by atoms with E-state index in [1.807, 2.05) is 0 Å². The Balaban J connectivity index is 2.23. The molecule has 2 atom stereocenters. The van der Waals surface area contributed by atoms with Crippen LogP contribution in [0.5, 0.6) is 0 Å². The van der Waals surface area contributed by atoms with Crippen molar-refractivity contribution in [1.82, 2.24) is 0 Å². The van der Waals surface area contributed by atoms with Crippen LogP contribution in [0.4, 0.5) is 0 Å². The van der Waals surface area contributed by atoms with Crippen molar-refractivity contribution in [3.05, 3.63) is 23.8 Å². The van der Waals surface area contributed by atoms with Gasteiger partial charge in [0.1, 0.15) is 0 Å². The maximum absolute atomic E-state index is 2.43. The third-order valence-corrected chi connectivity index (χ3v) is 3.72. The van der Waals surface area contributed by atoms with Gasteiger partial charge < -0.3 is 0 Å². The molecule has 0 heteroatoms. The summed E-state index contributed by atoms with van der Waals surface area (Å²) in [6, 6.07) is 0. The summed E-state index contributed by atoms with van der Waals surface area (Å²) in [5, 5.41) is 0. The first-order valence-electron chi connectivity index (χ1n) is 5.98. The van der Waals surface area contributed by atoms with Gasteiger partial charge in [-0.2, -0.15) is 0 Å². The van der Waals surface area contributed by atoms with E-state index in [0.29, 0.717) is 5.41 Å². The Bertz CT molecular complexity index is 262. The highest BCUT2D eigenvalue weighted by atomic mass is 14.4. The van der Waals surface area contributed by atoms with Gasteiger partial charge in [0.25, 0.3) is 0 Å². The SMILES string of the molecule is CC(C)(C)C1=CC=CC2CCCCC12. The van der Waals surface area contributed by atoms with E-state index in [1.165, 1.54) is 25.7 Å². The summed E-state index contributed by atoms with van der Waals surface area (Å²) >= 11 is 0. The molecule has 2 unspecified atom stereocenters. The Labute approximate surface area is 88.1 Å². The second-order valence-corrected chi connectivity index (χ2v) is 5.81. The molecule has 0 spiro atoms. The number of hydrogen-bond donors (Lipinski definition) is 0. The zero-order valence-corrected chi connectivity index (χ0v) is 9.72. The highest BCUT2D eigenvalue weighted by molar-refractivity contribution is 5.27. The van der Waals surface area contributed by atoms with E-state index in [1.54, 1.807) is 5.57 Å². The van der Waals surface area contributed by atoms with Crippen molar-refractivity contribution in [2.45, 2.75) is 46.5 Å². The molecule has 0 aliphatic heterocycles. The van der Waals surface area contributed by atoms with Crippen molar-refractivity contribution < 1.29 is 0 Å². The van der Waals surface area contributed by atoms with Gasteiger partial charge in [-0.25, -0.2) is 0 Å². The predicted molar refractivity (Wildman–Crippen MR) is 62.1 cm³/mol. The molecule has 0 heterocycles. The second kappa shape index (κ2) is 3.56. The lowest BCUT2D eigenvalue weighted by molar-refractivity contribution is 0.276. The molecule has 2 aliphatic rings. The van der Waals surface area contributed by atoms with E-state index in [4.69, 9.17) is 0 Å². The number of fused-ring (bicyclic) bond motifs is 1. The number of hydrogen-bond acceptors (Lipinski definition) is 0. The third kappa shape index (κ3) is 1.80. The highest BCUT2D eigenvalue weighted by Crippen LogP contribution is 2.44. The zero-order chi connectivity index (χ0) is 10.2. The summed E-state index contributed by atoms with van der Waals surface area (Å²) in [5.74, 6) is 1.71. The lowest BCUT2D eigenvalue weighted by Gasteiger charge is -2.39. The van der Waals surface area contributed by atoms with Crippen molar-refractivity contribution >= 4 is 0 Å². The first-order chi connectivity index (χ1) is 6.59. The van der Waals surface area contributed by atoms with Crippen LogP contribution in [-0.4, -0.2) is 0 Å². The highest BCUT2D eigenvalue weighted by Gasteiger charge is 2.32. The van der Waals surface area contributed by atoms with Crippen molar-refractivity contribution in [2.75, 3.05) is 0 Å². The van der Waals surface area contributed by atoms with Crippen molar-refractivity contribution in [3.63, 3.8) is 0 Å². The topological polar surface area (TPSA) is 0 Å². The van der Waals surface area contributed by atoms with Gasteiger partial charge in [0.15, 0.2) is 0 Å². The molecule has 0 amide bonds. The second-order valence-electron chi connectivity index (χ2n) is 5.81. The van der Waals surface area contributed by atoms with Gasteiger partial charge in [-0.15, -0.1) is 0 Å². The molecule has 0 aromatic heterocycles. The Morgan fingerprint density at radius 3 is 2.57 bits per heavy atom. The molecular weight excluding hydrogens is 168 g/mol. The molecule has 0 bridgehead atoms. The minimum atomic E-state index is 0.366. The normalized spacial score (nSPS) is 32.4. The Hall–Kier alpha value is -0.520. The molecule has 78 valence electrons. The van der Waals surface area contributed by atoms with Crippen LogP contribution in [0.1, 0.15) is 46.5 Å². The van der Waals surface area contributed by atoms with Crippen LogP contribution in [0, 0.1) is 17.3 Å². The largest absolute Gasteiger partial charge is 0.0808 e. The first kappa shape index (κ1) is 10.0. The number of rotatable bonds is 0. The summed E-state index contributed by atoms with van der Waals surface area (Å²) in [7, 11) is 0. The van der Waals surface area contributed by atoms with Crippen molar-refractivity contribution in [1.29, 1.82) is 0 Å². The molecule has 14 heavy (non-hydrogen) atoms. The van der Waals surface area contributed by atoms with Crippen LogP contribution >= 0.6 is 0 Å². The van der Waals surface area contributed by atoms with Gasteiger partial charge in [0.05, 0.1) is 0 Å². The summed E-state index contributed by atoms with van der Waals surface area (Å²) in [4.78, 5) is 0. The van der Waals surface area contributed by atoms with Gasteiger partial charge in [0.2, 0.25) is 0 Å². The summed E-state index contributed by atoms with van der Waals surface area (Å²) in [6.07, 6.45) is 12.8. The lowest BCUT2D eigenvalue weighted by atomic mass is 9.66. The zero-order valence-electron chi connectivity index (χ0n) is 9.72. The molecule has 2 aliphatic carbocycles. The van der Waals surface area contributed by atoms with Crippen LogP contribution < -0.4 is 0 Å². The third-order valence-electron chi connectivity index (χ3n) is 3.72. The summed E-state index contributed by atoms with van der Waals surface area (Å²) < 4.78 is 0. The minimum absolute atomic E-state index is 0.366. The van der Waals surface area contributed by atoms with E-state index in [2.05, 4.69) is 39.0 Å². The van der Waals surface area contributed by atoms with Crippen LogP contribution in [0.15, 0.2) is 23.8 Å². The molecule has 0 nitrogen and oxygen atoms in total. The lowest BCUT2D eigenvalue weighted by Crippen LogP contribution is -2.28. The molecule has 1 saturated carbocycles. The smallest absolute Gasteiger partial charge is 0.0132 e. The van der Waals surface area contributed by atoms with Crippen LogP contribution in [0.25, 0.3) is 0 Å². The minimum Gasteiger partial charge on any atom is -0.0808 e. The van der Waals surface area contributed by atoms with Gasteiger partial charge in [-0.05, 0) is 30.1 Å². The van der Waals surface area contributed by atoms with E-state index >= 15 is 0 Å². The fourth-order valence-corrected chi connectivity index (χ4v) is 3.01. The van der Waals surface area contributed by atoms with E-state index < -0.39 is 0 Å². The molecule has 0 aromatic carbocycles. The van der Waals surface area contributed by atoms with E-state index in [-0.39, 0.29) is 0 Å². The van der Waals surface area contributed by atoms with Crippen LogP contribution in [0.2, 0.25) is 0 Å². The van der Waals surface area contributed by atoms with Gasteiger partial charge >= 0.3 is 0 Å². The van der Waals surface area contributed by atoms with Crippen molar-refractivity contribution in [3.8, 4) is 0 Å². The molecule has 0 saturated heterocycles. The van der Waals surface area contributed by atoms with Crippen molar-refractivity contribution in [2.24, 2.45) is 17.3 Å². The van der Waals surface area contributed by atoms with Crippen LogP contribution in [0.3, 0.4) is 0 Å². The maximum atomic E-state index is 2.43. The Morgan fingerprint density at radius 1 is 1.14 bits per heavy atom. The molecule has 1 fully saturated rings.